The van der Waals surface area contributed by atoms with Crippen LogP contribution >= 0.6 is 11.3 Å². The van der Waals surface area contributed by atoms with Crippen molar-refractivity contribution in [2.24, 2.45) is 5.92 Å². The first-order chi connectivity index (χ1) is 13.9. The lowest BCUT2D eigenvalue weighted by atomic mass is 9.98. The van der Waals surface area contributed by atoms with E-state index in [2.05, 4.69) is 25.5 Å². The molecule has 0 bridgehead atoms. The van der Waals surface area contributed by atoms with Gasteiger partial charge in [-0.15, -0.1) is 11.3 Å². The topological polar surface area (TPSA) is 108 Å². The van der Waals surface area contributed by atoms with Crippen molar-refractivity contribution in [3.8, 4) is 10.6 Å². The summed E-state index contributed by atoms with van der Waals surface area (Å²) in [6.45, 7) is 2.93. The molecule has 0 radical (unpaired) electrons. The highest BCUT2D eigenvalue weighted by atomic mass is 32.1. The molecule has 1 saturated heterocycles. The van der Waals surface area contributed by atoms with Crippen molar-refractivity contribution < 1.29 is 28.0 Å². The van der Waals surface area contributed by atoms with E-state index >= 15 is 0 Å². The van der Waals surface area contributed by atoms with E-state index in [-0.39, 0.29) is 6.61 Å². The smallest absolute Gasteiger partial charge is 0.395 e. The number of nitrogens with zero attached hydrogens (tertiary/aromatic N) is 4. The van der Waals surface area contributed by atoms with E-state index in [1.54, 1.807) is 12.1 Å². The molecule has 0 saturated carbocycles. The molecule has 0 spiro atoms. The van der Waals surface area contributed by atoms with E-state index in [1.807, 2.05) is 0 Å². The number of anilines is 1. The van der Waals surface area contributed by atoms with E-state index < -0.39 is 18.0 Å². The number of thiazole rings is 1. The SMILES string of the molecule is OCCNCC1CN(c2cc(-c3nc(C(O)C(F)(F)F)cs3)cc3nonc23)C1. The Labute approximate surface area is 166 Å². The Morgan fingerprint density at radius 3 is 2.83 bits per heavy atom. The number of alkyl halides is 3. The summed E-state index contributed by atoms with van der Waals surface area (Å²) >= 11 is 1.02. The Hall–Kier alpha value is -2.28. The maximum absolute atomic E-state index is 12.7. The predicted octanol–water partition coefficient (Wildman–Crippen LogP) is 1.96. The molecule has 0 amide bonds. The van der Waals surface area contributed by atoms with E-state index in [0.29, 0.717) is 34.1 Å². The summed E-state index contributed by atoms with van der Waals surface area (Å²) in [5, 5.41) is 30.8. The maximum Gasteiger partial charge on any atom is 0.420 e. The van der Waals surface area contributed by atoms with Gasteiger partial charge in [0, 0.05) is 43.0 Å². The molecular weight excluding hydrogens is 411 g/mol. The number of aliphatic hydroxyl groups excluding tert-OH is 2. The van der Waals surface area contributed by atoms with Gasteiger partial charge in [-0.1, -0.05) is 0 Å². The summed E-state index contributed by atoms with van der Waals surface area (Å²) in [4.78, 5) is 6.05. The Kier molecular flexibility index (Phi) is 5.42. The lowest BCUT2D eigenvalue weighted by Gasteiger charge is -2.41. The van der Waals surface area contributed by atoms with Crippen molar-refractivity contribution in [1.82, 2.24) is 20.6 Å². The van der Waals surface area contributed by atoms with Gasteiger partial charge >= 0.3 is 6.18 Å². The van der Waals surface area contributed by atoms with Gasteiger partial charge in [-0.05, 0) is 22.4 Å². The van der Waals surface area contributed by atoms with E-state index in [4.69, 9.17) is 9.74 Å². The second-order valence-electron chi connectivity index (χ2n) is 6.85. The third-order valence-electron chi connectivity index (χ3n) is 4.72. The first kappa shape index (κ1) is 20.0. The van der Waals surface area contributed by atoms with Gasteiger partial charge in [-0.25, -0.2) is 9.61 Å². The summed E-state index contributed by atoms with van der Waals surface area (Å²) in [6, 6.07) is 3.45. The van der Waals surface area contributed by atoms with Crippen LogP contribution < -0.4 is 10.2 Å². The predicted molar refractivity (Wildman–Crippen MR) is 99.6 cm³/mol. The van der Waals surface area contributed by atoms with Crippen molar-refractivity contribution in [1.29, 1.82) is 0 Å². The zero-order valence-corrected chi connectivity index (χ0v) is 15.9. The van der Waals surface area contributed by atoms with Gasteiger partial charge in [0.15, 0.2) is 11.6 Å². The number of benzene rings is 1. The molecule has 3 N–H and O–H groups in total. The minimum Gasteiger partial charge on any atom is -0.395 e. The molecular formula is C17H18F3N5O3S. The van der Waals surface area contributed by atoms with Crippen LogP contribution in [-0.2, 0) is 0 Å². The van der Waals surface area contributed by atoms with Crippen LogP contribution in [0.3, 0.4) is 0 Å². The summed E-state index contributed by atoms with van der Waals surface area (Å²) in [5.74, 6) is 0.411. The molecule has 8 nitrogen and oxygen atoms in total. The number of halogens is 3. The van der Waals surface area contributed by atoms with Crippen LogP contribution in [0.4, 0.5) is 18.9 Å². The van der Waals surface area contributed by atoms with Crippen LogP contribution in [0.25, 0.3) is 21.6 Å². The van der Waals surface area contributed by atoms with Crippen molar-refractivity contribution in [2.75, 3.05) is 37.7 Å². The fraction of sp³-hybridized carbons (Fsp3) is 0.471. The molecule has 2 aromatic heterocycles. The molecule has 29 heavy (non-hydrogen) atoms. The number of hydrogen-bond donors (Lipinski definition) is 3. The quantitative estimate of drug-likeness (QED) is 0.490. The number of hydrogen-bond acceptors (Lipinski definition) is 9. The molecule has 1 aliphatic heterocycles. The Morgan fingerprint density at radius 2 is 2.10 bits per heavy atom. The van der Waals surface area contributed by atoms with Crippen LogP contribution in [0.2, 0.25) is 0 Å². The molecule has 1 atom stereocenters. The Balaban J connectivity index is 1.57. The number of nitrogens with one attached hydrogen (secondary N) is 1. The molecule has 12 heteroatoms. The molecule has 3 heterocycles. The van der Waals surface area contributed by atoms with Gasteiger partial charge in [0.05, 0.1) is 18.0 Å². The highest BCUT2D eigenvalue weighted by molar-refractivity contribution is 7.13. The summed E-state index contributed by atoms with van der Waals surface area (Å²) < 4.78 is 43.1. The van der Waals surface area contributed by atoms with Crippen molar-refractivity contribution in [3.05, 3.63) is 23.2 Å². The lowest BCUT2D eigenvalue weighted by molar-refractivity contribution is -0.207. The largest absolute Gasteiger partial charge is 0.420 e. The molecule has 1 fully saturated rings. The van der Waals surface area contributed by atoms with Gasteiger partial charge in [0.2, 0.25) is 0 Å². The van der Waals surface area contributed by atoms with E-state index in [1.165, 1.54) is 5.38 Å². The fourth-order valence-electron chi connectivity index (χ4n) is 3.23. The van der Waals surface area contributed by atoms with Crippen LogP contribution in [0.5, 0.6) is 0 Å². The van der Waals surface area contributed by atoms with Crippen LogP contribution in [-0.4, -0.2) is 64.5 Å². The van der Waals surface area contributed by atoms with E-state index in [0.717, 1.165) is 36.7 Å². The zero-order chi connectivity index (χ0) is 20.6. The van der Waals surface area contributed by atoms with Gasteiger partial charge in [-0.2, -0.15) is 13.2 Å². The minimum atomic E-state index is -4.77. The molecule has 0 aliphatic carbocycles. The zero-order valence-electron chi connectivity index (χ0n) is 15.1. The molecule has 1 aromatic carbocycles. The monoisotopic (exact) mass is 429 g/mol. The lowest BCUT2D eigenvalue weighted by Crippen LogP contribution is -2.51. The number of rotatable bonds is 7. The summed E-state index contributed by atoms with van der Waals surface area (Å²) in [6.07, 6.45) is -7.39. The molecule has 4 rings (SSSR count). The second kappa shape index (κ2) is 7.86. The number of aromatic nitrogens is 3. The van der Waals surface area contributed by atoms with Crippen molar-refractivity contribution in [3.63, 3.8) is 0 Å². The second-order valence-corrected chi connectivity index (χ2v) is 7.71. The van der Waals surface area contributed by atoms with Gasteiger partial charge < -0.3 is 20.4 Å². The first-order valence-electron chi connectivity index (χ1n) is 8.90. The molecule has 1 aliphatic rings. The Morgan fingerprint density at radius 1 is 1.31 bits per heavy atom. The van der Waals surface area contributed by atoms with Gasteiger partial charge in [0.25, 0.3) is 0 Å². The highest BCUT2D eigenvalue weighted by Gasteiger charge is 2.41. The fourth-order valence-corrected chi connectivity index (χ4v) is 4.06. The molecule has 1 unspecified atom stereocenters. The number of aliphatic hydroxyl groups is 2. The van der Waals surface area contributed by atoms with E-state index in [9.17, 15) is 18.3 Å². The minimum absolute atomic E-state index is 0.0859. The number of fused-ring (bicyclic) bond motifs is 1. The van der Waals surface area contributed by atoms with Gasteiger partial charge in [-0.3, -0.25) is 0 Å². The average molecular weight is 429 g/mol. The normalized spacial score (nSPS) is 16.4. The van der Waals surface area contributed by atoms with Crippen molar-refractivity contribution in [2.45, 2.75) is 12.3 Å². The van der Waals surface area contributed by atoms with Crippen molar-refractivity contribution >= 4 is 28.1 Å². The third-order valence-corrected chi connectivity index (χ3v) is 5.63. The van der Waals surface area contributed by atoms with Crippen LogP contribution in [0.15, 0.2) is 22.1 Å². The maximum atomic E-state index is 12.7. The molecule has 3 aromatic rings. The summed E-state index contributed by atoms with van der Waals surface area (Å²) in [5.41, 5.74) is 1.97. The van der Waals surface area contributed by atoms with Gasteiger partial charge in [0.1, 0.15) is 10.5 Å². The standard InChI is InChI=1S/C17H18F3N5O3S/c18-17(19,20)15(27)12-8-29-16(22-12)10-3-11-14(24-28-23-11)13(4-10)25-6-9(7-25)5-21-1-2-26/h3-4,8-9,15,21,26-27H,1-2,5-7H2. The third kappa shape index (κ3) is 4.06. The van der Waals surface area contributed by atoms with Crippen LogP contribution in [0, 0.1) is 5.92 Å². The molecule has 156 valence electrons. The first-order valence-corrected chi connectivity index (χ1v) is 9.78. The average Bonchev–Trinajstić information content (AvgIpc) is 3.30. The highest BCUT2D eigenvalue weighted by Crippen LogP contribution is 2.38. The van der Waals surface area contributed by atoms with Crippen LogP contribution in [0.1, 0.15) is 11.8 Å². The Bertz CT molecular complexity index is 986. The summed E-state index contributed by atoms with van der Waals surface area (Å²) in [7, 11) is 0.